The molecule has 1 amide bonds. The Morgan fingerprint density at radius 2 is 1.72 bits per heavy atom. The maximum absolute atomic E-state index is 13.9. The van der Waals surface area contributed by atoms with Gasteiger partial charge in [-0.15, -0.1) is 0 Å². The summed E-state index contributed by atoms with van der Waals surface area (Å²) in [6.45, 7) is 7.43. The highest BCUT2D eigenvalue weighted by Crippen LogP contribution is 2.42. The molecule has 0 aliphatic carbocycles. The fourth-order valence-corrected chi connectivity index (χ4v) is 5.18. The second-order valence-electron chi connectivity index (χ2n) is 9.83. The molecule has 0 N–H and O–H groups in total. The highest BCUT2D eigenvalue weighted by atomic mass is 35.5. The summed E-state index contributed by atoms with van der Waals surface area (Å²) in [6, 6.07) is 17.8. The average molecular weight is 546 g/mol. The number of aryl methyl sites for hydroxylation is 1. The molecule has 1 aliphatic heterocycles. The number of halogens is 1. The molecule has 1 atom stereocenters. The van der Waals surface area contributed by atoms with E-state index in [1.54, 1.807) is 23.1 Å². The SMILES string of the molecule is CCCCCOc1ccc(C2c3c(oc4ccc(Cl)cc4c3=O)C(=O)N2Cc2ccc(C)cc2)cc1OCC. The number of amides is 1. The van der Waals surface area contributed by atoms with Crippen LogP contribution in [0.2, 0.25) is 5.02 Å². The molecule has 202 valence electrons. The average Bonchev–Trinajstić information content (AvgIpc) is 3.20. The van der Waals surface area contributed by atoms with Crippen molar-refractivity contribution in [3.63, 3.8) is 0 Å². The first kappa shape index (κ1) is 26.8. The molecule has 1 aliphatic rings. The van der Waals surface area contributed by atoms with Crippen LogP contribution in [0, 0.1) is 6.92 Å². The molecule has 6 nitrogen and oxygen atoms in total. The number of hydrogen-bond donors (Lipinski definition) is 0. The zero-order valence-electron chi connectivity index (χ0n) is 22.5. The summed E-state index contributed by atoms with van der Waals surface area (Å²) in [5.41, 5.74) is 3.19. The first-order valence-electron chi connectivity index (χ1n) is 13.4. The molecule has 39 heavy (non-hydrogen) atoms. The minimum absolute atomic E-state index is 0.0600. The molecule has 2 heterocycles. The Labute approximate surface area is 233 Å². The minimum Gasteiger partial charge on any atom is -0.490 e. The number of ether oxygens (including phenoxy) is 2. The van der Waals surface area contributed by atoms with E-state index in [2.05, 4.69) is 6.92 Å². The molecule has 1 aromatic heterocycles. The molecule has 5 rings (SSSR count). The summed E-state index contributed by atoms with van der Waals surface area (Å²) in [7, 11) is 0. The molecule has 1 unspecified atom stereocenters. The van der Waals surface area contributed by atoms with Crippen LogP contribution in [0.1, 0.15) is 72.0 Å². The zero-order valence-corrected chi connectivity index (χ0v) is 23.2. The Morgan fingerprint density at radius 3 is 2.46 bits per heavy atom. The normalized spacial score (nSPS) is 14.6. The fourth-order valence-electron chi connectivity index (χ4n) is 5.01. The predicted octanol–water partition coefficient (Wildman–Crippen LogP) is 7.47. The number of fused-ring (bicyclic) bond motifs is 2. The smallest absolute Gasteiger partial charge is 0.291 e. The monoisotopic (exact) mass is 545 g/mol. The second kappa shape index (κ2) is 11.5. The van der Waals surface area contributed by atoms with Gasteiger partial charge in [-0.25, -0.2) is 0 Å². The molecule has 0 radical (unpaired) electrons. The van der Waals surface area contributed by atoms with Crippen LogP contribution in [0.25, 0.3) is 11.0 Å². The zero-order chi connectivity index (χ0) is 27.5. The van der Waals surface area contributed by atoms with Gasteiger partial charge in [-0.1, -0.05) is 67.3 Å². The molecule has 0 fully saturated rings. The predicted molar refractivity (Wildman–Crippen MR) is 153 cm³/mol. The van der Waals surface area contributed by atoms with Crippen LogP contribution in [-0.4, -0.2) is 24.0 Å². The number of unbranched alkanes of at least 4 members (excludes halogenated alkanes) is 2. The minimum atomic E-state index is -0.665. The third-order valence-electron chi connectivity index (χ3n) is 6.99. The molecule has 4 aromatic rings. The topological polar surface area (TPSA) is 69.0 Å². The van der Waals surface area contributed by atoms with Gasteiger partial charge in [0.2, 0.25) is 5.76 Å². The maximum atomic E-state index is 13.9. The fraction of sp³-hybridized carbons (Fsp3) is 0.312. The van der Waals surface area contributed by atoms with Crippen molar-refractivity contribution < 1.29 is 18.7 Å². The van der Waals surface area contributed by atoms with Crippen molar-refractivity contribution in [2.24, 2.45) is 0 Å². The number of nitrogens with zero attached hydrogens (tertiary/aromatic N) is 1. The van der Waals surface area contributed by atoms with Gasteiger partial charge in [0.15, 0.2) is 16.9 Å². The molecule has 0 spiro atoms. The van der Waals surface area contributed by atoms with Crippen LogP contribution < -0.4 is 14.9 Å². The Hall–Kier alpha value is -3.77. The van der Waals surface area contributed by atoms with E-state index < -0.39 is 6.04 Å². The van der Waals surface area contributed by atoms with Crippen LogP contribution >= 0.6 is 11.6 Å². The van der Waals surface area contributed by atoms with E-state index in [1.165, 1.54) is 0 Å². The third-order valence-corrected chi connectivity index (χ3v) is 7.23. The molecule has 3 aromatic carbocycles. The molecule has 7 heteroatoms. The van der Waals surface area contributed by atoms with Crippen molar-refractivity contribution in [3.05, 3.63) is 104 Å². The van der Waals surface area contributed by atoms with Crippen LogP contribution in [0.15, 0.2) is 69.9 Å². The van der Waals surface area contributed by atoms with E-state index in [0.717, 1.165) is 36.0 Å². The van der Waals surface area contributed by atoms with Gasteiger partial charge in [-0.3, -0.25) is 9.59 Å². The highest BCUT2D eigenvalue weighted by Gasteiger charge is 2.43. The van der Waals surface area contributed by atoms with E-state index in [9.17, 15) is 9.59 Å². The van der Waals surface area contributed by atoms with Gasteiger partial charge >= 0.3 is 0 Å². The summed E-state index contributed by atoms with van der Waals surface area (Å²) in [5.74, 6) is 0.951. The van der Waals surface area contributed by atoms with Crippen molar-refractivity contribution in [2.75, 3.05) is 13.2 Å². The van der Waals surface area contributed by atoms with Crippen LogP contribution in [0.3, 0.4) is 0 Å². The van der Waals surface area contributed by atoms with Crippen LogP contribution in [0.4, 0.5) is 0 Å². The van der Waals surface area contributed by atoms with Crippen molar-refractivity contribution in [1.82, 2.24) is 4.90 Å². The quantitative estimate of drug-likeness (QED) is 0.193. The summed E-state index contributed by atoms with van der Waals surface area (Å²) in [6.07, 6.45) is 3.15. The third kappa shape index (κ3) is 5.39. The lowest BCUT2D eigenvalue weighted by Crippen LogP contribution is -2.29. The van der Waals surface area contributed by atoms with E-state index in [-0.39, 0.29) is 17.1 Å². The second-order valence-corrected chi connectivity index (χ2v) is 10.3. The van der Waals surface area contributed by atoms with E-state index in [4.69, 9.17) is 25.5 Å². The van der Waals surface area contributed by atoms with Crippen molar-refractivity contribution in [3.8, 4) is 11.5 Å². The number of carbonyl (C=O) groups excluding carboxylic acids is 1. The van der Waals surface area contributed by atoms with Gasteiger partial charge in [0, 0.05) is 11.6 Å². The van der Waals surface area contributed by atoms with Crippen molar-refractivity contribution >= 4 is 28.5 Å². The lowest BCUT2D eigenvalue weighted by Gasteiger charge is -2.26. The first-order chi connectivity index (χ1) is 18.9. The Balaban J connectivity index is 1.63. The van der Waals surface area contributed by atoms with Crippen molar-refractivity contribution in [1.29, 1.82) is 0 Å². The molecular weight excluding hydrogens is 514 g/mol. The number of benzene rings is 3. The van der Waals surface area contributed by atoms with Gasteiger partial charge in [-0.05, 0) is 61.7 Å². The summed E-state index contributed by atoms with van der Waals surface area (Å²) in [4.78, 5) is 29.4. The van der Waals surface area contributed by atoms with Crippen LogP contribution in [0.5, 0.6) is 11.5 Å². The molecule has 0 saturated carbocycles. The first-order valence-corrected chi connectivity index (χ1v) is 13.8. The summed E-state index contributed by atoms with van der Waals surface area (Å²) < 4.78 is 18.0. The Bertz CT molecular complexity index is 1560. The van der Waals surface area contributed by atoms with Gasteiger partial charge in [0.25, 0.3) is 5.91 Å². The largest absolute Gasteiger partial charge is 0.490 e. The summed E-state index contributed by atoms with van der Waals surface area (Å²) >= 11 is 6.22. The van der Waals surface area contributed by atoms with Crippen molar-refractivity contribution in [2.45, 2.75) is 52.6 Å². The van der Waals surface area contributed by atoms with Gasteiger partial charge < -0.3 is 18.8 Å². The Morgan fingerprint density at radius 1 is 0.923 bits per heavy atom. The van der Waals surface area contributed by atoms with Gasteiger partial charge in [0.05, 0.1) is 30.2 Å². The van der Waals surface area contributed by atoms with E-state index in [1.807, 2.05) is 56.3 Å². The van der Waals surface area contributed by atoms with Crippen LogP contribution in [-0.2, 0) is 6.54 Å². The highest BCUT2D eigenvalue weighted by molar-refractivity contribution is 6.31. The van der Waals surface area contributed by atoms with E-state index >= 15 is 0 Å². The Kier molecular flexibility index (Phi) is 7.94. The molecule has 0 bridgehead atoms. The number of hydrogen-bond acceptors (Lipinski definition) is 5. The van der Waals surface area contributed by atoms with Gasteiger partial charge in [-0.2, -0.15) is 0 Å². The lowest BCUT2D eigenvalue weighted by molar-refractivity contribution is 0.0714. The lowest BCUT2D eigenvalue weighted by atomic mass is 9.97. The molecule has 0 saturated heterocycles. The standard InChI is InChI=1S/C32H32ClNO5/c1-4-6-7-16-38-26-14-12-22(17-27(26)37-5-2)29-28-30(35)24-18-23(33)13-15-25(24)39-31(28)32(36)34(29)19-21-10-8-20(3)9-11-21/h8-15,17-18,29H,4-7,16,19H2,1-3H3. The number of carbonyl (C=O) groups is 1. The summed E-state index contributed by atoms with van der Waals surface area (Å²) in [5, 5.41) is 0.771. The maximum Gasteiger partial charge on any atom is 0.291 e. The van der Waals surface area contributed by atoms with Gasteiger partial charge in [0.1, 0.15) is 5.58 Å². The number of rotatable bonds is 10. The molecular formula is C32H32ClNO5. The van der Waals surface area contributed by atoms with E-state index in [0.29, 0.717) is 52.8 Å².